The molecule has 9 heavy (non-hydrogen) atoms. The molecule has 0 spiro atoms. The highest BCUT2D eigenvalue weighted by atomic mass is 32.2. The van der Waals surface area contributed by atoms with Crippen LogP contribution in [-0.2, 0) is 0 Å². The second-order valence-electron chi connectivity index (χ2n) is 1.85. The van der Waals surface area contributed by atoms with Crippen molar-refractivity contribution in [1.29, 1.82) is 0 Å². The summed E-state index contributed by atoms with van der Waals surface area (Å²) >= 11 is 1.81. The minimum atomic E-state index is 0.155. The molecule has 0 saturated heterocycles. The topological polar surface area (TPSA) is 38.4 Å². The van der Waals surface area contributed by atoms with Gasteiger partial charge in [0.15, 0.2) is 0 Å². The van der Waals surface area contributed by atoms with Gasteiger partial charge in [-0.3, -0.25) is 4.99 Å². The molecule has 1 unspecified atom stereocenters. The van der Waals surface area contributed by atoms with Gasteiger partial charge in [-0.25, -0.2) is 0 Å². The molecule has 0 aromatic heterocycles. The Balaban J connectivity index is 3.15. The average Bonchev–Trinajstić information content (AvgIpc) is 1.85. The van der Waals surface area contributed by atoms with Crippen LogP contribution < -0.4 is 5.73 Å². The second kappa shape index (κ2) is 6.11. The lowest BCUT2D eigenvalue weighted by Crippen LogP contribution is -2.21. The third-order valence-corrected chi connectivity index (χ3v) is 1.64. The first-order chi connectivity index (χ1) is 4.31. The Kier molecular flexibility index (Phi) is 6.09. The van der Waals surface area contributed by atoms with Gasteiger partial charge in [0.25, 0.3) is 0 Å². The molecule has 1 atom stereocenters. The Morgan fingerprint density at radius 2 is 2.44 bits per heavy atom. The molecule has 0 aliphatic heterocycles. The summed E-state index contributed by atoms with van der Waals surface area (Å²) < 4.78 is 0. The molecule has 0 aromatic rings. The van der Waals surface area contributed by atoms with Crippen LogP contribution >= 0.6 is 11.8 Å². The number of hydrogen-bond donors (Lipinski definition) is 1. The van der Waals surface area contributed by atoms with Crippen LogP contribution in [-0.4, -0.2) is 31.3 Å². The maximum atomic E-state index is 5.61. The van der Waals surface area contributed by atoms with Gasteiger partial charge in [0.05, 0.1) is 0 Å². The first-order valence-electron chi connectivity index (χ1n) is 2.98. The fraction of sp³-hybridized carbons (Fsp3) is 0.833. The van der Waals surface area contributed by atoms with E-state index in [9.17, 15) is 0 Å². The molecule has 0 saturated carbocycles. The van der Waals surface area contributed by atoms with Crippen LogP contribution in [0.5, 0.6) is 0 Å². The molecule has 0 radical (unpaired) electrons. The minimum absolute atomic E-state index is 0.155. The van der Waals surface area contributed by atoms with Crippen molar-refractivity contribution in [3.63, 3.8) is 0 Å². The summed E-state index contributed by atoms with van der Waals surface area (Å²) in [5.41, 5.74) is 5.61. The SMILES string of the molecule is CN=CC(N)CCSC. The highest BCUT2D eigenvalue weighted by Gasteiger charge is 1.94. The standard InChI is InChI=1S/C6H14N2S/c1-8-5-6(7)3-4-9-2/h5-6H,3-4,7H2,1-2H3. The van der Waals surface area contributed by atoms with Crippen molar-refractivity contribution in [2.75, 3.05) is 19.1 Å². The van der Waals surface area contributed by atoms with Crippen molar-refractivity contribution >= 4 is 18.0 Å². The van der Waals surface area contributed by atoms with Gasteiger partial charge < -0.3 is 5.73 Å². The lowest BCUT2D eigenvalue weighted by Gasteiger charge is -2.01. The maximum Gasteiger partial charge on any atom is 0.0402 e. The molecule has 0 aromatic carbocycles. The molecule has 0 heterocycles. The van der Waals surface area contributed by atoms with Crippen LogP contribution in [0.4, 0.5) is 0 Å². The number of nitrogens with two attached hydrogens (primary N) is 1. The molecule has 0 rings (SSSR count). The van der Waals surface area contributed by atoms with Crippen molar-refractivity contribution in [2.45, 2.75) is 12.5 Å². The fourth-order valence-corrected chi connectivity index (χ4v) is 1.03. The summed E-state index contributed by atoms with van der Waals surface area (Å²) in [7, 11) is 1.75. The second-order valence-corrected chi connectivity index (χ2v) is 2.84. The van der Waals surface area contributed by atoms with Gasteiger partial charge in [-0.2, -0.15) is 11.8 Å². The van der Waals surface area contributed by atoms with Crippen LogP contribution in [0.15, 0.2) is 4.99 Å². The molecule has 54 valence electrons. The van der Waals surface area contributed by atoms with E-state index in [-0.39, 0.29) is 6.04 Å². The van der Waals surface area contributed by atoms with Gasteiger partial charge in [0.2, 0.25) is 0 Å². The summed E-state index contributed by atoms with van der Waals surface area (Å²) in [6.45, 7) is 0. The van der Waals surface area contributed by atoms with E-state index in [4.69, 9.17) is 5.73 Å². The molecule has 2 N–H and O–H groups in total. The number of nitrogens with zero attached hydrogens (tertiary/aromatic N) is 1. The van der Waals surface area contributed by atoms with E-state index in [1.165, 1.54) is 0 Å². The van der Waals surface area contributed by atoms with E-state index < -0.39 is 0 Å². The Morgan fingerprint density at radius 3 is 2.89 bits per heavy atom. The average molecular weight is 146 g/mol. The Hall–Kier alpha value is -0.0200. The largest absolute Gasteiger partial charge is 0.323 e. The lowest BCUT2D eigenvalue weighted by atomic mass is 10.3. The van der Waals surface area contributed by atoms with Gasteiger partial charge in [0, 0.05) is 19.3 Å². The molecule has 0 amide bonds. The first-order valence-corrected chi connectivity index (χ1v) is 4.37. The molecular formula is C6H14N2S. The van der Waals surface area contributed by atoms with Crippen molar-refractivity contribution in [1.82, 2.24) is 0 Å². The normalized spacial score (nSPS) is 14.6. The third kappa shape index (κ3) is 5.86. The minimum Gasteiger partial charge on any atom is -0.323 e. The predicted molar refractivity (Wildman–Crippen MR) is 45.4 cm³/mol. The van der Waals surface area contributed by atoms with E-state index in [1.807, 2.05) is 11.8 Å². The van der Waals surface area contributed by atoms with E-state index in [0.717, 1.165) is 12.2 Å². The predicted octanol–water partition coefficient (Wildman–Crippen LogP) is 0.767. The van der Waals surface area contributed by atoms with Crippen LogP contribution in [0, 0.1) is 0 Å². The molecular weight excluding hydrogens is 132 g/mol. The van der Waals surface area contributed by atoms with Crippen molar-refractivity contribution < 1.29 is 0 Å². The lowest BCUT2D eigenvalue weighted by molar-refractivity contribution is 0.842. The van der Waals surface area contributed by atoms with Crippen LogP contribution in [0.3, 0.4) is 0 Å². The quantitative estimate of drug-likeness (QED) is 0.595. The van der Waals surface area contributed by atoms with Gasteiger partial charge in [-0.05, 0) is 18.4 Å². The molecule has 0 fully saturated rings. The smallest absolute Gasteiger partial charge is 0.0402 e. The number of rotatable bonds is 4. The summed E-state index contributed by atoms with van der Waals surface area (Å²) in [5, 5.41) is 0. The zero-order chi connectivity index (χ0) is 7.11. The molecule has 0 bridgehead atoms. The third-order valence-electron chi connectivity index (χ3n) is 0.996. The summed E-state index contributed by atoms with van der Waals surface area (Å²) in [6.07, 6.45) is 4.89. The fourth-order valence-electron chi connectivity index (χ4n) is 0.520. The van der Waals surface area contributed by atoms with E-state index in [2.05, 4.69) is 11.2 Å². The van der Waals surface area contributed by atoms with Gasteiger partial charge in [-0.15, -0.1) is 0 Å². The Labute approximate surface area is 60.9 Å². The number of hydrogen-bond acceptors (Lipinski definition) is 3. The number of thioether (sulfide) groups is 1. The van der Waals surface area contributed by atoms with E-state index >= 15 is 0 Å². The van der Waals surface area contributed by atoms with Gasteiger partial charge >= 0.3 is 0 Å². The number of aliphatic imine (C=N–C) groups is 1. The monoisotopic (exact) mass is 146 g/mol. The zero-order valence-electron chi connectivity index (χ0n) is 6.00. The van der Waals surface area contributed by atoms with Crippen molar-refractivity contribution in [3.05, 3.63) is 0 Å². The highest BCUT2D eigenvalue weighted by molar-refractivity contribution is 7.98. The van der Waals surface area contributed by atoms with Crippen molar-refractivity contribution in [2.24, 2.45) is 10.7 Å². The zero-order valence-corrected chi connectivity index (χ0v) is 6.82. The molecule has 3 heteroatoms. The summed E-state index contributed by atoms with van der Waals surface area (Å²) in [4.78, 5) is 3.83. The maximum absolute atomic E-state index is 5.61. The van der Waals surface area contributed by atoms with Crippen LogP contribution in [0.25, 0.3) is 0 Å². The van der Waals surface area contributed by atoms with E-state index in [1.54, 1.807) is 13.3 Å². The van der Waals surface area contributed by atoms with Crippen molar-refractivity contribution in [3.8, 4) is 0 Å². The highest BCUT2D eigenvalue weighted by Crippen LogP contribution is 1.96. The Bertz CT molecular complexity index is 83.1. The summed E-state index contributed by atoms with van der Waals surface area (Å²) in [6, 6.07) is 0.155. The van der Waals surface area contributed by atoms with Crippen LogP contribution in [0.2, 0.25) is 0 Å². The molecule has 0 aliphatic rings. The molecule has 2 nitrogen and oxygen atoms in total. The molecule has 0 aliphatic carbocycles. The van der Waals surface area contributed by atoms with Crippen LogP contribution in [0.1, 0.15) is 6.42 Å². The van der Waals surface area contributed by atoms with E-state index in [0.29, 0.717) is 0 Å². The summed E-state index contributed by atoms with van der Waals surface area (Å²) in [5.74, 6) is 1.12. The van der Waals surface area contributed by atoms with Gasteiger partial charge in [0.1, 0.15) is 0 Å². The van der Waals surface area contributed by atoms with Gasteiger partial charge in [-0.1, -0.05) is 0 Å². The first kappa shape index (κ1) is 8.98. The Morgan fingerprint density at radius 1 is 1.78 bits per heavy atom.